The molecular formula is C15H24N4OS. The fourth-order valence-corrected chi connectivity index (χ4v) is 4.28. The van der Waals surface area contributed by atoms with Gasteiger partial charge in [0.2, 0.25) is 0 Å². The van der Waals surface area contributed by atoms with Crippen LogP contribution >= 0.6 is 12.2 Å². The SMILES string of the molecule is Cc1nn(CN2CCO[C@H]3CCCC[C@@H]32)c(=S)n1C1CC1. The van der Waals surface area contributed by atoms with Crippen molar-refractivity contribution in [3.63, 3.8) is 0 Å². The molecule has 0 unspecified atom stereocenters. The third kappa shape index (κ3) is 2.58. The maximum absolute atomic E-state index is 5.95. The summed E-state index contributed by atoms with van der Waals surface area (Å²) in [6, 6.07) is 1.17. The van der Waals surface area contributed by atoms with E-state index in [0.717, 1.165) is 30.4 Å². The van der Waals surface area contributed by atoms with Crippen molar-refractivity contribution >= 4 is 12.2 Å². The van der Waals surface area contributed by atoms with Gasteiger partial charge in [0.05, 0.1) is 19.4 Å². The average Bonchev–Trinajstić information content (AvgIpc) is 3.27. The van der Waals surface area contributed by atoms with Gasteiger partial charge in [-0.2, -0.15) is 5.10 Å². The second-order valence-electron chi connectivity index (χ2n) is 6.65. The highest BCUT2D eigenvalue weighted by Crippen LogP contribution is 2.36. The van der Waals surface area contributed by atoms with Crippen LogP contribution in [0.1, 0.15) is 50.4 Å². The van der Waals surface area contributed by atoms with Crippen LogP contribution in [0.25, 0.3) is 0 Å². The Kier molecular flexibility index (Phi) is 3.63. The lowest BCUT2D eigenvalue weighted by atomic mass is 9.90. The van der Waals surface area contributed by atoms with Crippen LogP contribution in [0.3, 0.4) is 0 Å². The lowest BCUT2D eigenvalue weighted by Gasteiger charge is -2.43. The summed E-state index contributed by atoms with van der Waals surface area (Å²) >= 11 is 5.65. The molecule has 0 amide bonds. The number of fused-ring (bicyclic) bond motifs is 1. The van der Waals surface area contributed by atoms with E-state index in [1.54, 1.807) is 0 Å². The van der Waals surface area contributed by atoms with Gasteiger partial charge in [0.1, 0.15) is 5.82 Å². The summed E-state index contributed by atoms with van der Waals surface area (Å²) in [5.41, 5.74) is 0. The number of hydrogen-bond acceptors (Lipinski definition) is 4. The molecule has 4 rings (SSSR count). The number of aryl methyl sites for hydroxylation is 1. The van der Waals surface area contributed by atoms with Crippen LogP contribution in [-0.4, -0.2) is 44.5 Å². The van der Waals surface area contributed by atoms with Crippen LogP contribution in [0.5, 0.6) is 0 Å². The Labute approximate surface area is 130 Å². The topological polar surface area (TPSA) is 35.2 Å². The van der Waals surface area contributed by atoms with Gasteiger partial charge in [0.15, 0.2) is 4.77 Å². The normalized spacial score (nSPS) is 30.3. The van der Waals surface area contributed by atoms with Gasteiger partial charge >= 0.3 is 0 Å². The van der Waals surface area contributed by atoms with Crippen molar-refractivity contribution in [3.05, 3.63) is 10.6 Å². The van der Waals surface area contributed by atoms with Crippen LogP contribution in [-0.2, 0) is 11.4 Å². The molecule has 3 aliphatic rings. The van der Waals surface area contributed by atoms with Gasteiger partial charge in [-0.05, 0) is 44.8 Å². The lowest BCUT2D eigenvalue weighted by Crippen LogP contribution is -2.52. The number of aromatic nitrogens is 3. The molecule has 2 aliphatic carbocycles. The van der Waals surface area contributed by atoms with Crippen molar-refractivity contribution in [2.45, 2.75) is 70.3 Å². The van der Waals surface area contributed by atoms with E-state index in [9.17, 15) is 0 Å². The molecule has 0 radical (unpaired) electrons. The van der Waals surface area contributed by atoms with Gasteiger partial charge in [0, 0.05) is 18.6 Å². The molecule has 21 heavy (non-hydrogen) atoms. The van der Waals surface area contributed by atoms with E-state index in [0.29, 0.717) is 18.2 Å². The van der Waals surface area contributed by atoms with Crippen LogP contribution in [0, 0.1) is 11.7 Å². The minimum absolute atomic E-state index is 0.424. The second-order valence-corrected chi connectivity index (χ2v) is 7.01. The first-order valence-corrected chi connectivity index (χ1v) is 8.66. The van der Waals surface area contributed by atoms with E-state index in [1.807, 2.05) is 4.68 Å². The average molecular weight is 308 g/mol. The molecular weight excluding hydrogens is 284 g/mol. The summed E-state index contributed by atoms with van der Waals surface area (Å²) in [4.78, 5) is 2.53. The summed E-state index contributed by atoms with van der Waals surface area (Å²) in [5, 5.41) is 4.70. The third-order valence-corrected chi connectivity index (χ3v) is 5.52. The van der Waals surface area contributed by atoms with Gasteiger partial charge in [-0.1, -0.05) is 12.8 Å². The fourth-order valence-electron chi connectivity index (χ4n) is 3.90. The van der Waals surface area contributed by atoms with Crippen molar-refractivity contribution in [1.29, 1.82) is 0 Å². The molecule has 2 atom stereocenters. The summed E-state index contributed by atoms with van der Waals surface area (Å²) in [5.74, 6) is 1.07. The van der Waals surface area contributed by atoms with Crippen molar-refractivity contribution in [3.8, 4) is 0 Å². The zero-order valence-corrected chi connectivity index (χ0v) is 13.5. The quantitative estimate of drug-likeness (QED) is 0.804. The molecule has 1 aliphatic heterocycles. The molecule has 0 bridgehead atoms. The van der Waals surface area contributed by atoms with Crippen molar-refractivity contribution in [1.82, 2.24) is 19.2 Å². The number of rotatable bonds is 3. The Hall–Kier alpha value is -0.720. The highest BCUT2D eigenvalue weighted by molar-refractivity contribution is 7.71. The zero-order chi connectivity index (χ0) is 14.4. The molecule has 1 aromatic rings. The summed E-state index contributed by atoms with van der Waals surface area (Å²) in [6.45, 7) is 4.74. The van der Waals surface area contributed by atoms with Gasteiger partial charge in [-0.3, -0.25) is 4.90 Å². The monoisotopic (exact) mass is 308 g/mol. The lowest BCUT2D eigenvalue weighted by molar-refractivity contribution is -0.0994. The van der Waals surface area contributed by atoms with Gasteiger partial charge < -0.3 is 9.30 Å². The standard InChI is InChI=1S/C15H24N4OS/c1-11-16-18(15(21)19(11)12-6-7-12)10-17-8-9-20-14-5-3-2-4-13(14)17/h12-14H,2-10H2,1H3/t13-,14-/m0/s1. The van der Waals surface area contributed by atoms with Crippen molar-refractivity contribution < 1.29 is 4.74 Å². The largest absolute Gasteiger partial charge is 0.375 e. The minimum atomic E-state index is 0.424. The minimum Gasteiger partial charge on any atom is -0.375 e. The highest BCUT2D eigenvalue weighted by Gasteiger charge is 2.35. The molecule has 0 aromatic carbocycles. The van der Waals surface area contributed by atoms with E-state index in [1.165, 1.54) is 38.5 Å². The van der Waals surface area contributed by atoms with Crippen LogP contribution < -0.4 is 0 Å². The third-order valence-electron chi connectivity index (χ3n) is 5.12. The molecule has 2 heterocycles. The summed E-state index contributed by atoms with van der Waals surface area (Å²) < 4.78 is 11.1. The Balaban J connectivity index is 1.55. The Morgan fingerprint density at radius 3 is 2.86 bits per heavy atom. The molecule has 3 fully saturated rings. The molecule has 0 spiro atoms. The maximum Gasteiger partial charge on any atom is 0.199 e. The molecule has 116 valence electrons. The predicted octanol–water partition coefficient (Wildman–Crippen LogP) is 2.66. The number of hydrogen-bond donors (Lipinski definition) is 0. The predicted molar refractivity (Wildman–Crippen MR) is 82.8 cm³/mol. The molecule has 2 saturated carbocycles. The van der Waals surface area contributed by atoms with E-state index in [2.05, 4.69) is 16.4 Å². The summed E-state index contributed by atoms with van der Waals surface area (Å²) in [6.07, 6.45) is 8.02. The van der Waals surface area contributed by atoms with Gasteiger partial charge in [-0.25, -0.2) is 4.68 Å². The number of morpholine rings is 1. The molecule has 5 nitrogen and oxygen atoms in total. The summed E-state index contributed by atoms with van der Waals surface area (Å²) in [7, 11) is 0. The zero-order valence-electron chi connectivity index (χ0n) is 12.7. The Morgan fingerprint density at radius 2 is 2.05 bits per heavy atom. The Morgan fingerprint density at radius 1 is 1.24 bits per heavy atom. The maximum atomic E-state index is 5.95. The van der Waals surface area contributed by atoms with E-state index in [4.69, 9.17) is 22.1 Å². The Bertz CT molecular complexity index is 575. The smallest absolute Gasteiger partial charge is 0.199 e. The molecule has 1 aromatic heterocycles. The fraction of sp³-hybridized carbons (Fsp3) is 0.867. The first-order chi connectivity index (χ1) is 10.2. The first-order valence-electron chi connectivity index (χ1n) is 8.25. The molecule has 0 N–H and O–H groups in total. The van der Waals surface area contributed by atoms with Gasteiger partial charge in [0.25, 0.3) is 0 Å². The van der Waals surface area contributed by atoms with Gasteiger partial charge in [-0.15, -0.1) is 0 Å². The van der Waals surface area contributed by atoms with Crippen molar-refractivity contribution in [2.75, 3.05) is 13.2 Å². The van der Waals surface area contributed by atoms with Crippen LogP contribution in [0.2, 0.25) is 0 Å². The molecule has 1 saturated heterocycles. The second kappa shape index (κ2) is 5.48. The van der Waals surface area contributed by atoms with Crippen molar-refractivity contribution in [2.24, 2.45) is 0 Å². The first kappa shape index (κ1) is 13.9. The highest BCUT2D eigenvalue weighted by atomic mass is 32.1. The van der Waals surface area contributed by atoms with E-state index < -0.39 is 0 Å². The number of nitrogens with zero attached hydrogens (tertiary/aromatic N) is 4. The van der Waals surface area contributed by atoms with Crippen LogP contribution in [0.15, 0.2) is 0 Å². The van der Waals surface area contributed by atoms with E-state index in [-0.39, 0.29) is 0 Å². The van der Waals surface area contributed by atoms with E-state index >= 15 is 0 Å². The molecule has 6 heteroatoms. The van der Waals surface area contributed by atoms with Crippen LogP contribution in [0.4, 0.5) is 0 Å². The number of ether oxygens (including phenoxy) is 1.